The van der Waals surface area contributed by atoms with Crippen molar-refractivity contribution in [3.63, 3.8) is 0 Å². The zero-order chi connectivity index (χ0) is 10.9. The van der Waals surface area contributed by atoms with E-state index in [0.29, 0.717) is 9.90 Å². The van der Waals surface area contributed by atoms with Crippen LogP contribution in [0.2, 0.25) is 0 Å². The molecule has 1 aromatic rings. The highest BCUT2D eigenvalue weighted by Crippen LogP contribution is 2.30. The summed E-state index contributed by atoms with van der Waals surface area (Å²) in [6.45, 7) is 1.71. The monoisotopic (exact) mass is 246 g/mol. The van der Waals surface area contributed by atoms with E-state index >= 15 is 0 Å². The van der Waals surface area contributed by atoms with Gasteiger partial charge in [0.05, 0.1) is 10.9 Å². The van der Waals surface area contributed by atoms with Crippen LogP contribution >= 0.6 is 11.5 Å². The number of hydrogen-bond donors (Lipinski definition) is 0. The molecule has 1 saturated carbocycles. The van der Waals surface area contributed by atoms with E-state index < -0.39 is 9.84 Å². The summed E-state index contributed by atoms with van der Waals surface area (Å²) in [7, 11) is -3.16. The van der Waals surface area contributed by atoms with Gasteiger partial charge >= 0.3 is 0 Å². The van der Waals surface area contributed by atoms with Crippen molar-refractivity contribution >= 4 is 21.4 Å². The molecule has 0 atom stereocenters. The molecule has 0 bridgehead atoms. The Balaban J connectivity index is 2.30. The van der Waals surface area contributed by atoms with Gasteiger partial charge in [-0.25, -0.2) is 8.42 Å². The van der Waals surface area contributed by atoms with Crippen LogP contribution in [0, 0.1) is 6.92 Å². The van der Waals surface area contributed by atoms with Crippen LogP contribution in [0.25, 0.3) is 0 Å². The Morgan fingerprint density at radius 1 is 1.27 bits per heavy atom. The zero-order valence-electron chi connectivity index (χ0n) is 8.64. The van der Waals surface area contributed by atoms with Gasteiger partial charge in [0.2, 0.25) is 0 Å². The van der Waals surface area contributed by atoms with Crippen LogP contribution in [0.4, 0.5) is 0 Å². The van der Waals surface area contributed by atoms with Gasteiger partial charge in [0.1, 0.15) is 0 Å². The minimum atomic E-state index is -3.16. The van der Waals surface area contributed by atoms with E-state index in [-0.39, 0.29) is 5.25 Å². The van der Waals surface area contributed by atoms with Crippen molar-refractivity contribution in [2.24, 2.45) is 0 Å². The van der Waals surface area contributed by atoms with Crippen molar-refractivity contribution in [2.75, 3.05) is 0 Å². The summed E-state index contributed by atoms with van der Waals surface area (Å²) in [5, 5.41) is 3.57. The summed E-state index contributed by atoms with van der Waals surface area (Å²) in [6.07, 6.45) is 4.79. The molecule has 0 aromatic carbocycles. The van der Waals surface area contributed by atoms with E-state index in [9.17, 15) is 8.42 Å². The van der Waals surface area contributed by atoms with E-state index in [2.05, 4.69) is 9.59 Å². The molecule has 84 valence electrons. The summed E-state index contributed by atoms with van der Waals surface area (Å²) in [4.78, 5) is 0. The number of aromatic nitrogens is 2. The van der Waals surface area contributed by atoms with Crippen molar-refractivity contribution < 1.29 is 8.42 Å². The van der Waals surface area contributed by atoms with Gasteiger partial charge in [0.25, 0.3) is 0 Å². The molecule has 0 spiro atoms. The summed E-state index contributed by atoms with van der Waals surface area (Å²) in [5.74, 6) is 0. The van der Waals surface area contributed by atoms with Gasteiger partial charge in [0.15, 0.2) is 14.0 Å². The van der Waals surface area contributed by atoms with Gasteiger partial charge in [0, 0.05) is 11.5 Å². The Morgan fingerprint density at radius 2 is 1.93 bits per heavy atom. The van der Waals surface area contributed by atoms with Crippen molar-refractivity contribution in [3.05, 3.63) is 5.69 Å². The zero-order valence-corrected chi connectivity index (χ0v) is 10.3. The van der Waals surface area contributed by atoms with E-state index in [4.69, 9.17) is 0 Å². The highest BCUT2D eigenvalue weighted by Gasteiger charge is 2.31. The van der Waals surface area contributed by atoms with Gasteiger partial charge in [-0.2, -0.15) is 0 Å². The second-order valence-electron chi connectivity index (χ2n) is 3.95. The lowest BCUT2D eigenvalue weighted by molar-refractivity contribution is 0.484. The number of rotatable bonds is 2. The Kier molecular flexibility index (Phi) is 3.06. The van der Waals surface area contributed by atoms with Crippen LogP contribution in [0.15, 0.2) is 4.21 Å². The maximum atomic E-state index is 12.2. The van der Waals surface area contributed by atoms with Crippen LogP contribution in [0.5, 0.6) is 0 Å². The maximum Gasteiger partial charge on any atom is 0.194 e. The molecule has 2 rings (SSSR count). The number of aryl methyl sites for hydroxylation is 1. The molecule has 0 N–H and O–H groups in total. The molecule has 0 aliphatic heterocycles. The maximum absolute atomic E-state index is 12.2. The smallest absolute Gasteiger partial charge is 0.194 e. The molecule has 1 aliphatic rings. The molecule has 1 fully saturated rings. The molecule has 1 aromatic heterocycles. The molecule has 1 heterocycles. The molecule has 15 heavy (non-hydrogen) atoms. The SMILES string of the molecule is Cc1nnsc1S(=O)(=O)C1CCCCC1. The lowest BCUT2D eigenvalue weighted by atomic mass is 10.0. The van der Waals surface area contributed by atoms with Gasteiger partial charge in [-0.05, 0) is 19.8 Å². The van der Waals surface area contributed by atoms with E-state index in [1.807, 2.05) is 0 Å². The average Bonchev–Trinajstić information content (AvgIpc) is 2.66. The van der Waals surface area contributed by atoms with Crippen LogP contribution in [-0.2, 0) is 9.84 Å². The number of hydrogen-bond acceptors (Lipinski definition) is 5. The second-order valence-corrected chi connectivity index (χ2v) is 7.13. The third kappa shape index (κ3) is 2.06. The molecule has 0 amide bonds. The molecule has 6 heteroatoms. The molecule has 0 saturated heterocycles. The van der Waals surface area contributed by atoms with Gasteiger partial charge < -0.3 is 0 Å². The van der Waals surface area contributed by atoms with E-state index in [0.717, 1.165) is 43.6 Å². The van der Waals surface area contributed by atoms with Crippen molar-refractivity contribution in [1.82, 2.24) is 9.59 Å². The van der Waals surface area contributed by atoms with E-state index in [1.165, 1.54) is 0 Å². The first-order chi connectivity index (χ1) is 7.12. The average molecular weight is 246 g/mol. The molecule has 4 nitrogen and oxygen atoms in total. The molecule has 0 unspecified atom stereocenters. The minimum Gasteiger partial charge on any atom is -0.222 e. The Morgan fingerprint density at radius 3 is 2.47 bits per heavy atom. The highest BCUT2D eigenvalue weighted by atomic mass is 32.2. The standard InChI is InChI=1S/C9H14N2O2S2/c1-7-9(14-11-10-7)15(12,13)8-5-3-2-4-6-8/h8H,2-6H2,1H3. The minimum absolute atomic E-state index is 0.202. The third-order valence-electron chi connectivity index (χ3n) is 2.86. The topological polar surface area (TPSA) is 59.9 Å². The van der Waals surface area contributed by atoms with E-state index in [1.54, 1.807) is 6.92 Å². The largest absolute Gasteiger partial charge is 0.222 e. The summed E-state index contributed by atoms with van der Waals surface area (Å²) in [5.41, 5.74) is 0.547. The second kappa shape index (κ2) is 4.17. The van der Waals surface area contributed by atoms with Crippen molar-refractivity contribution in [2.45, 2.75) is 48.5 Å². The van der Waals surface area contributed by atoms with Gasteiger partial charge in [-0.3, -0.25) is 0 Å². The van der Waals surface area contributed by atoms with Crippen LogP contribution in [0.1, 0.15) is 37.8 Å². The normalized spacial score (nSPS) is 19.3. The Labute approximate surface area is 93.8 Å². The third-order valence-corrected chi connectivity index (χ3v) is 6.57. The number of nitrogens with zero attached hydrogens (tertiary/aromatic N) is 2. The fourth-order valence-corrected chi connectivity index (χ4v) is 5.05. The molecular formula is C9H14N2O2S2. The first-order valence-corrected chi connectivity index (χ1v) is 7.47. The lowest BCUT2D eigenvalue weighted by Gasteiger charge is -2.20. The number of sulfone groups is 1. The quantitative estimate of drug-likeness (QED) is 0.800. The molecule has 0 radical (unpaired) electrons. The predicted octanol–water partition coefficient (Wildman–Crippen LogP) is 1.95. The Bertz CT molecular complexity index is 433. The Hall–Kier alpha value is -0.490. The highest BCUT2D eigenvalue weighted by molar-refractivity contribution is 7.94. The fourth-order valence-electron chi connectivity index (χ4n) is 2.01. The van der Waals surface area contributed by atoms with Crippen molar-refractivity contribution in [3.8, 4) is 0 Å². The molecular weight excluding hydrogens is 232 g/mol. The van der Waals surface area contributed by atoms with Crippen molar-refractivity contribution in [1.29, 1.82) is 0 Å². The fraction of sp³-hybridized carbons (Fsp3) is 0.778. The summed E-state index contributed by atoms with van der Waals surface area (Å²) >= 11 is 1.00. The lowest BCUT2D eigenvalue weighted by Crippen LogP contribution is -2.23. The van der Waals surface area contributed by atoms with Crippen LogP contribution < -0.4 is 0 Å². The summed E-state index contributed by atoms with van der Waals surface area (Å²) in [6, 6.07) is 0. The predicted molar refractivity (Wildman–Crippen MR) is 58.7 cm³/mol. The summed E-state index contributed by atoms with van der Waals surface area (Å²) < 4.78 is 28.5. The molecule has 1 aliphatic carbocycles. The van der Waals surface area contributed by atoms with Gasteiger partial charge in [-0.1, -0.05) is 23.8 Å². The van der Waals surface area contributed by atoms with Crippen LogP contribution in [0.3, 0.4) is 0 Å². The van der Waals surface area contributed by atoms with Gasteiger partial charge in [-0.15, -0.1) is 5.10 Å². The first-order valence-electron chi connectivity index (χ1n) is 5.15. The first kappa shape index (κ1) is 11.0. The van der Waals surface area contributed by atoms with Crippen LogP contribution in [-0.4, -0.2) is 23.3 Å².